The molecule has 2 aliphatic carbocycles. The smallest absolute Gasteiger partial charge is 0.0664 e. The second-order valence-corrected chi connectivity index (χ2v) is 6.02. The van der Waals surface area contributed by atoms with Gasteiger partial charge in [0.2, 0.25) is 0 Å². The van der Waals surface area contributed by atoms with Crippen LogP contribution in [0.25, 0.3) is 0 Å². The average Bonchev–Trinajstić information content (AvgIpc) is 2.85. The Kier molecular flexibility index (Phi) is 5.05. The Bertz CT molecular complexity index is 251. The summed E-state index contributed by atoms with van der Waals surface area (Å²) in [4.78, 5) is 0. The summed E-state index contributed by atoms with van der Waals surface area (Å²) in [7, 11) is 0. The first kappa shape index (κ1) is 14.3. The topological polar surface area (TPSA) is 41.5 Å². The number of hydrogen-bond acceptors (Lipinski definition) is 3. The number of rotatable bonds is 7. The molecule has 0 saturated heterocycles. The monoisotopic (exact) mass is 255 g/mol. The molecular formula is C15H29NO2. The number of hydrogen-bond donors (Lipinski definition) is 2. The maximum Gasteiger partial charge on any atom is 0.0664 e. The molecule has 3 nitrogen and oxygen atoms in total. The van der Waals surface area contributed by atoms with Gasteiger partial charge in [-0.3, -0.25) is 0 Å². The molecule has 0 bridgehead atoms. The van der Waals surface area contributed by atoms with E-state index >= 15 is 0 Å². The first-order valence-electron chi connectivity index (χ1n) is 7.76. The molecule has 0 radical (unpaired) electrons. The summed E-state index contributed by atoms with van der Waals surface area (Å²) in [5, 5.41) is 13.4. The van der Waals surface area contributed by atoms with Gasteiger partial charge in [0, 0.05) is 24.6 Å². The van der Waals surface area contributed by atoms with Gasteiger partial charge in [-0.25, -0.2) is 0 Å². The van der Waals surface area contributed by atoms with Gasteiger partial charge in [0.25, 0.3) is 0 Å². The van der Waals surface area contributed by atoms with Crippen LogP contribution in [0, 0.1) is 5.41 Å². The van der Waals surface area contributed by atoms with Crippen LogP contribution in [0.15, 0.2) is 0 Å². The average molecular weight is 255 g/mol. The van der Waals surface area contributed by atoms with Gasteiger partial charge in [0.05, 0.1) is 12.2 Å². The van der Waals surface area contributed by atoms with E-state index in [2.05, 4.69) is 19.2 Å². The zero-order valence-corrected chi connectivity index (χ0v) is 12.0. The summed E-state index contributed by atoms with van der Waals surface area (Å²) in [6, 6.07) is 0.572. The molecule has 0 aromatic heterocycles. The first-order chi connectivity index (χ1) is 8.73. The van der Waals surface area contributed by atoms with E-state index in [1.54, 1.807) is 0 Å². The molecule has 18 heavy (non-hydrogen) atoms. The molecule has 2 aliphatic rings. The Morgan fingerprint density at radius 2 is 2.06 bits per heavy atom. The number of aliphatic hydroxyl groups excluding tert-OH is 1. The summed E-state index contributed by atoms with van der Waals surface area (Å²) in [5.74, 6) is 0. The summed E-state index contributed by atoms with van der Waals surface area (Å²) in [6.45, 7) is 5.79. The largest absolute Gasteiger partial charge is 0.392 e. The Morgan fingerprint density at radius 1 is 1.33 bits per heavy atom. The molecule has 2 fully saturated rings. The molecule has 1 spiro atoms. The maximum absolute atomic E-state index is 9.82. The van der Waals surface area contributed by atoms with Crippen LogP contribution in [0.5, 0.6) is 0 Å². The van der Waals surface area contributed by atoms with Crippen LogP contribution >= 0.6 is 0 Å². The van der Waals surface area contributed by atoms with Crippen LogP contribution < -0.4 is 5.32 Å². The molecule has 0 aliphatic heterocycles. The number of ether oxygens (including phenoxy) is 1. The van der Waals surface area contributed by atoms with E-state index in [9.17, 15) is 5.11 Å². The molecular weight excluding hydrogens is 226 g/mol. The molecule has 3 unspecified atom stereocenters. The highest BCUT2D eigenvalue weighted by Crippen LogP contribution is 2.54. The van der Waals surface area contributed by atoms with E-state index in [0.717, 1.165) is 32.4 Å². The quantitative estimate of drug-likeness (QED) is 0.734. The van der Waals surface area contributed by atoms with Crippen molar-refractivity contribution in [2.45, 2.75) is 77.0 Å². The lowest BCUT2D eigenvalue weighted by Crippen LogP contribution is -2.63. The summed E-state index contributed by atoms with van der Waals surface area (Å²) < 4.78 is 5.90. The summed E-state index contributed by atoms with van der Waals surface area (Å²) in [5.41, 5.74) is 0.391. The van der Waals surface area contributed by atoms with Crippen LogP contribution in [-0.2, 0) is 4.74 Å². The van der Waals surface area contributed by atoms with Crippen LogP contribution in [0.4, 0.5) is 0 Å². The molecule has 106 valence electrons. The van der Waals surface area contributed by atoms with Gasteiger partial charge >= 0.3 is 0 Å². The molecule has 2 saturated carbocycles. The second-order valence-electron chi connectivity index (χ2n) is 6.02. The van der Waals surface area contributed by atoms with Crippen LogP contribution in [0.3, 0.4) is 0 Å². The Balaban J connectivity index is 1.82. The summed E-state index contributed by atoms with van der Waals surface area (Å²) >= 11 is 0. The zero-order chi connectivity index (χ0) is 13.0. The SMILES string of the molecule is CCCC(O)CNC1CC(OCC)C12CCCC2. The molecule has 0 heterocycles. The van der Waals surface area contributed by atoms with Crippen LogP contribution in [0.2, 0.25) is 0 Å². The maximum atomic E-state index is 9.82. The minimum atomic E-state index is -0.181. The second kappa shape index (κ2) is 6.36. The highest BCUT2D eigenvalue weighted by Gasteiger charge is 2.56. The highest BCUT2D eigenvalue weighted by molar-refractivity contribution is 5.10. The van der Waals surface area contributed by atoms with Crippen molar-refractivity contribution in [3.8, 4) is 0 Å². The van der Waals surface area contributed by atoms with Gasteiger partial charge in [-0.15, -0.1) is 0 Å². The lowest BCUT2D eigenvalue weighted by molar-refractivity contribution is -0.131. The fourth-order valence-electron chi connectivity index (χ4n) is 3.89. The van der Waals surface area contributed by atoms with Crippen molar-refractivity contribution in [3.63, 3.8) is 0 Å². The number of nitrogens with one attached hydrogen (secondary N) is 1. The van der Waals surface area contributed by atoms with Crippen LogP contribution in [0.1, 0.15) is 58.8 Å². The normalized spacial score (nSPS) is 31.5. The minimum absolute atomic E-state index is 0.181. The van der Waals surface area contributed by atoms with Crippen molar-refractivity contribution >= 4 is 0 Å². The van der Waals surface area contributed by atoms with Crippen molar-refractivity contribution < 1.29 is 9.84 Å². The van der Waals surface area contributed by atoms with Crippen molar-refractivity contribution in [1.82, 2.24) is 5.32 Å². The van der Waals surface area contributed by atoms with Crippen molar-refractivity contribution in [2.75, 3.05) is 13.2 Å². The third-order valence-corrected chi connectivity index (χ3v) is 4.91. The molecule has 2 N–H and O–H groups in total. The van der Waals surface area contributed by atoms with Crippen molar-refractivity contribution in [1.29, 1.82) is 0 Å². The third kappa shape index (κ3) is 2.73. The van der Waals surface area contributed by atoms with E-state index in [1.807, 2.05) is 0 Å². The Morgan fingerprint density at radius 3 is 2.67 bits per heavy atom. The first-order valence-corrected chi connectivity index (χ1v) is 7.76. The standard InChI is InChI=1S/C15H29NO2/c1-3-7-12(17)11-16-13-10-14(18-4-2)15(13)8-5-6-9-15/h12-14,16-17H,3-11H2,1-2H3. The summed E-state index contributed by atoms with van der Waals surface area (Å²) in [6.07, 6.45) is 8.68. The molecule has 3 atom stereocenters. The Labute approximate surface area is 111 Å². The third-order valence-electron chi connectivity index (χ3n) is 4.91. The predicted octanol–water partition coefficient (Wildman–Crippen LogP) is 2.47. The lowest BCUT2D eigenvalue weighted by atomic mass is 9.60. The Hall–Kier alpha value is -0.120. The van der Waals surface area contributed by atoms with E-state index in [4.69, 9.17) is 4.74 Å². The molecule has 0 aromatic carbocycles. The van der Waals surface area contributed by atoms with Gasteiger partial charge in [0.15, 0.2) is 0 Å². The lowest BCUT2D eigenvalue weighted by Gasteiger charge is -2.54. The zero-order valence-electron chi connectivity index (χ0n) is 12.0. The molecule has 0 amide bonds. The van der Waals surface area contributed by atoms with Gasteiger partial charge in [-0.2, -0.15) is 0 Å². The molecule has 3 heteroatoms. The fraction of sp³-hybridized carbons (Fsp3) is 1.00. The van der Waals surface area contributed by atoms with E-state index in [-0.39, 0.29) is 6.10 Å². The van der Waals surface area contributed by atoms with Crippen LogP contribution in [-0.4, -0.2) is 36.5 Å². The number of aliphatic hydroxyl groups is 1. The van der Waals surface area contributed by atoms with Crippen molar-refractivity contribution in [2.24, 2.45) is 5.41 Å². The highest BCUT2D eigenvalue weighted by atomic mass is 16.5. The van der Waals surface area contributed by atoms with E-state index in [1.165, 1.54) is 25.7 Å². The van der Waals surface area contributed by atoms with E-state index < -0.39 is 0 Å². The predicted molar refractivity (Wildman–Crippen MR) is 73.6 cm³/mol. The van der Waals surface area contributed by atoms with Gasteiger partial charge < -0.3 is 15.2 Å². The fourth-order valence-corrected chi connectivity index (χ4v) is 3.89. The molecule has 2 rings (SSSR count). The van der Waals surface area contributed by atoms with Gasteiger partial charge in [-0.05, 0) is 32.6 Å². The minimum Gasteiger partial charge on any atom is -0.392 e. The van der Waals surface area contributed by atoms with Crippen molar-refractivity contribution in [3.05, 3.63) is 0 Å². The molecule has 0 aromatic rings. The van der Waals surface area contributed by atoms with Gasteiger partial charge in [-0.1, -0.05) is 26.2 Å². The van der Waals surface area contributed by atoms with E-state index in [0.29, 0.717) is 17.6 Å². The van der Waals surface area contributed by atoms with Gasteiger partial charge in [0.1, 0.15) is 0 Å².